The fraction of sp³-hybridized carbons (Fsp3) is 0.417. The Labute approximate surface area is 106 Å². The molecule has 4 nitrogen and oxygen atoms in total. The van der Waals surface area contributed by atoms with Crippen molar-refractivity contribution in [3.05, 3.63) is 29.3 Å². The van der Waals surface area contributed by atoms with Gasteiger partial charge in [0.2, 0.25) is 0 Å². The molecule has 0 saturated carbocycles. The Morgan fingerprint density at radius 3 is 2.71 bits per heavy atom. The van der Waals surface area contributed by atoms with Crippen LogP contribution in [0.4, 0.5) is 5.69 Å². The fourth-order valence-corrected chi connectivity index (χ4v) is 1.50. The van der Waals surface area contributed by atoms with Gasteiger partial charge in [-0.15, -0.1) is 0 Å². The highest BCUT2D eigenvalue weighted by atomic mass is 35.5. The molecule has 1 aromatic rings. The van der Waals surface area contributed by atoms with Gasteiger partial charge in [-0.05, 0) is 26.0 Å². The van der Waals surface area contributed by atoms with Gasteiger partial charge in [-0.25, -0.2) is 4.79 Å². The molecule has 17 heavy (non-hydrogen) atoms. The van der Waals surface area contributed by atoms with Gasteiger partial charge in [-0.3, -0.25) is 0 Å². The first-order valence-electron chi connectivity index (χ1n) is 5.33. The van der Waals surface area contributed by atoms with Gasteiger partial charge in [-0.2, -0.15) is 0 Å². The minimum atomic E-state index is -1.19. The Morgan fingerprint density at radius 1 is 1.53 bits per heavy atom. The van der Waals surface area contributed by atoms with Crippen LogP contribution >= 0.6 is 11.6 Å². The van der Waals surface area contributed by atoms with Crippen LogP contribution in [0.25, 0.3) is 0 Å². The quantitative estimate of drug-likeness (QED) is 0.823. The molecule has 0 fully saturated rings. The first-order chi connectivity index (χ1) is 7.99. The molecule has 0 aromatic heterocycles. The van der Waals surface area contributed by atoms with Crippen LogP contribution in [-0.2, 0) is 9.53 Å². The van der Waals surface area contributed by atoms with Gasteiger partial charge in [0.05, 0.1) is 17.3 Å². The van der Waals surface area contributed by atoms with Crippen molar-refractivity contribution in [3.63, 3.8) is 0 Å². The standard InChI is InChI=1S/C12H16ClNO3/c1-3-17-8-12(2,11(15)16)14-10-7-5-4-6-9(10)13/h4-7,14H,3,8H2,1-2H3,(H,15,16). The first-order valence-corrected chi connectivity index (χ1v) is 5.71. The molecule has 0 spiro atoms. The van der Waals surface area contributed by atoms with Crippen LogP contribution in [0.5, 0.6) is 0 Å². The lowest BCUT2D eigenvalue weighted by Crippen LogP contribution is -2.47. The average Bonchev–Trinajstić information content (AvgIpc) is 2.29. The molecule has 0 heterocycles. The minimum absolute atomic E-state index is 0.0735. The van der Waals surface area contributed by atoms with Gasteiger partial charge in [0.1, 0.15) is 0 Å². The predicted molar refractivity (Wildman–Crippen MR) is 67.6 cm³/mol. The third kappa shape index (κ3) is 3.61. The Morgan fingerprint density at radius 2 is 2.18 bits per heavy atom. The second-order valence-corrected chi connectivity index (χ2v) is 4.29. The number of carbonyl (C=O) groups is 1. The summed E-state index contributed by atoms with van der Waals surface area (Å²) in [5.74, 6) is -0.981. The van der Waals surface area contributed by atoms with E-state index < -0.39 is 11.5 Å². The van der Waals surface area contributed by atoms with E-state index in [1.165, 1.54) is 0 Å². The van der Waals surface area contributed by atoms with E-state index in [0.717, 1.165) is 0 Å². The summed E-state index contributed by atoms with van der Waals surface area (Å²) in [5, 5.41) is 12.6. The largest absolute Gasteiger partial charge is 0.479 e. The van der Waals surface area contributed by atoms with Crippen LogP contribution in [-0.4, -0.2) is 29.8 Å². The molecule has 1 unspecified atom stereocenters. The van der Waals surface area contributed by atoms with E-state index in [-0.39, 0.29) is 6.61 Å². The Bertz CT molecular complexity index is 397. The van der Waals surface area contributed by atoms with Crippen molar-refractivity contribution < 1.29 is 14.6 Å². The van der Waals surface area contributed by atoms with E-state index >= 15 is 0 Å². The van der Waals surface area contributed by atoms with Crippen LogP contribution in [0, 0.1) is 0 Å². The lowest BCUT2D eigenvalue weighted by Gasteiger charge is -2.27. The molecular formula is C12H16ClNO3. The molecule has 0 aliphatic carbocycles. The zero-order valence-corrected chi connectivity index (χ0v) is 10.6. The molecule has 0 aliphatic heterocycles. The van der Waals surface area contributed by atoms with Crippen molar-refractivity contribution in [3.8, 4) is 0 Å². The fourth-order valence-electron chi connectivity index (χ4n) is 1.32. The van der Waals surface area contributed by atoms with E-state index in [0.29, 0.717) is 17.3 Å². The van der Waals surface area contributed by atoms with E-state index in [2.05, 4.69) is 5.32 Å². The molecule has 0 radical (unpaired) electrons. The maximum atomic E-state index is 11.3. The van der Waals surface area contributed by atoms with Crippen molar-refractivity contribution >= 4 is 23.3 Å². The van der Waals surface area contributed by atoms with Gasteiger partial charge >= 0.3 is 5.97 Å². The SMILES string of the molecule is CCOCC(C)(Nc1ccccc1Cl)C(=O)O. The predicted octanol–water partition coefficient (Wildman–Crippen LogP) is 2.63. The average molecular weight is 258 g/mol. The van der Waals surface area contributed by atoms with E-state index in [9.17, 15) is 9.90 Å². The molecule has 1 rings (SSSR count). The van der Waals surface area contributed by atoms with Crippen LogP contribution in [0.15, 0.2) is 24.3 Å². The van der Waals surface area contributed by atoms with Crippen molar-refractivity contribution in [2.45, 2.75) is 19.4 Å². The van der Waals surface area contributed by atoms with Crippen molar-refractivity contribution in [1.82, 2.24) is 0 Å². The maximum absolute atomic E-state index is 11.3. The number of nitrogens with one attached hydrogen (secondary N) is 1. The number of ether oxygens (including phenoxy) is 1. The molecule has 94 valence electrons. The van der Waals surface area contributed by atoms with Gasteiger partial charge < -0.3 is 15.2 Å². The van der Waals surface area contributed by atoms with Crippen molar-refractivity contribution in [2.24, 2.45) is 0 Å². The highest BCUT2D eigenvalue weighted by molar-refractivity contribution is 6.33. The lowest BCUT2D eigenvalue weighted by molar-refractivity contribution is -0.143. The second-order valence-electron chi connectivity index (χ2n) is 3.88. The first kappa shape index (κ1) is 13.8. The Hall–Kier alpha value is -1.26. The number of rotatable bonds is 6. The number of hydrogen-bond donors (Lipinski definition) is 2. The van der Waals surface area contributed by atoms with Gasteiger partial charge in [-0.1, -0.05) is 23.7 Å². The molecule has 1 aromatic carbocycles. The zero-order valence-electron chi connectivity index (χ0n) is 9.87. The highest BCUT2D eigenvalue weighted by Gasteiger charge is 2.33. The summed E-state index contributed by atoms with van der Waals surface area (Å²) < 4.78 is 5.19. The monoisotopic (exact) mass is 257 g/mol. The summed E-state index contributed by atoms with van der Waals surface area (Å²) in [7, 11) is 0. The molecule has 0 amide bonds. The van der Waals surface area contributed by atoms with Crippen LogP contribution in [0.3, 0.4) is 0 Å². The Balaban J connectivity index is 2.87. The third-order valence-electron chi connectivity index (χ3n) is 2.35. The molecule has 0 bridgehead atoms. The number of para-hydroxylation sites is 1. The molecule has 2 N–H and O–H groups in total. The van der Waals surface area contributed by atoms with Crippen LogP contribution in [0.2, 0.25) is 5.02 Å². The summed E-state index contributed by atoms with van der Waals surface area (Å²) in [5.41, 5.74) is -0.611. The second kappa shape index (κ2) is 5.89. The summed E-state index contributed by atoms with van der Waals surface area (Å²) in [6, 6.07) is 7.01. The summed E-state index contributed by atoms with van der Waals surface area (Å²) in [6.45, 7) is 3.92. The number of carboxylic acids is 1. The van der Waals surface area contributed by atoms with Gasteiger partial charge in [0, 0.05) is 6.61 Å². The molecule has 5 heteroatoms. The van der Waals surface area contributed by atoms with Crippen LogP contribution < -0.4 is 5.32 Å². The van der Waals surface area contributed by atoms with E-state index in [1.54, 1.807) is 31.2 Å². The number of carboxylic acid groups (broad SMARTS) is 1. The molecular weight excluding hydrogens is 242 g/mol. The van der Waals surface area contributed by atoms with Crippen LogP contribution in [0.1, 0.15) is 13.8 Å². The number of benzene rings is 1. The minimum Gasteiger partial charge on any atom is -0.479 e. The third-order valence-corrected chi connectivity index (χ3v) is 2.68. The van der Waals surface area contributed by atoms with Gasteiger partial charge in [0.15, 0.2) is 5.54 Å². The number of anilines is 1. The number of hydrogen-bond acceptors (Lipinski definition) is 3. The summed E-state index contributed by atoms with van der Waals surface area (Å²) in [4.78, 5) is 11.3. The highest BCUT2D eigenvalue weighted by Crippen LogP contribution is 2.24. The topological polar surface area (TPSA) is 58.6 Å². The zero-order chi connectivity index (χ0) is 12.9. The normalized spacial score (nSPS) is 14.1. The summed E-state index contributed by atoms with van der Waals surface area (Å²) >= 11 is 5.97. The molecule has 1 atom stereocenters. The van der Waals surface area contributed by atoms with E-state index in [4.69, 9.17) is 16.3 Å². The molecule has 0 saturated heterocycles. The number of halogens is 1. The maximum Gasteiger partial charge on any atom is 0.331 e. The number of aliphatic carboxylic acids is 1. The van der Waals surface area contributed by atoms with Crippen molar-refractivity contribution in [1.29, 1.82) is 0 Å². The van der Waals surface area contributed by atoms with Crippen molar-refractivity contribution in [2.75, 3.05) is 18.5 Å². The molecule has 0 aliphatic rings. The smallest absolute Gasteiger partial charge is 0.331 e. The lowest BCUT2D eigenvalue weighted by atomic mass is 10.0. The summed E-state index contributed by atoms with van der Waals surface area (Å²) in [6.07, 6.45) is 0. The van der Waals surface area contributed by atoms with Gasteiger partial charge in [0.25, 0.3) is 0 Å². The Kier molecular flexibility index (Phi) is 4.78. The van der Waals surface area contributed by atoms with E-state index in [1.807, 2.05) is 6.92 Å².